The van der Waals surface area contributed by atoms with Crippen molar-refractivity contribution in [3.63, 3.8) is 0 Å². The molecule has 2 aromatic carbocycles. The minimum atomic E-state index is -0.967. The molecule has 0 aromatic heterocycles. The normalized spacial score (nSPS) is 22.1. The molecule has 2 aromatic rings. The predicted octanol–water partition coefficient (Wildman–Crippen LogP) is 4.91. The number of methoxy groups -OCH3 is 1. The van der Waals surface area contributed by atoms with Crippen molar-refractivity contribution in [2.45, 2.75) is 104 Å². The molecule has 4 saturated heterocycles. The quantitative estimate of drug-likeness (QED) is 0.316. The summed E-state index contributed by atoms with van der Waals surface area (Å²) >= 11 is 0. The number of hydrogen-bond acceptors (Lipinski definition) is 10. The summed E-state index contributed by atoms with van der Waals surface area (Å²) in [6, 6.07) is 12.4. The van der Waals surface area contributed by atoms with Gasteiger partial charge in [0.05, 0.1) is 32.1 Å². The first-order chi connectivity index (χ1) is 28.9. The number of nitrogens with zero attached hydrogens (tertiary/aromatic N) is 4. The molecule has 2 N–H and O–H groups in total. The number of alkyl carbamates (subject to hydrolysis) is 1. The van der Waals surface area contributed by atoms with Crippen LogP contribution in [0.15, 0.2) is 48.5 Å². The largest absolute Gasteiger partial charge is 0.495 e. The first-order valence-electron chi connectivity index (χ1n) is 21.4. The lowest BCUT2D eigenvalue weighted by molar-refractivity contribution is -0.150. The van der Waals surface area contributed by atoms with Crippen molar-refractivity contribution in [1.29, 1.82) is 0 Å². The summed E-state index contributed by atoms with van der Waals surface area (Å²) in [7, 11) is 1.49. The second-order valence-corrected chi connectivity index (χ2v) is 18.4. The van der Waals surface area contributed by atoms with Gasteiger partial charge in [-0.25, -0.2) is 9.59 Å². The number of urea groups is 1. The van der Waals surface area contributed by atoms with Gasteiger partial charge in [0, 0.05) is 57.7 Å². The fourth-order valence-electron chi connectivity index (χ4n) is 8.40. The van der Waals surface area contributed by atoms with Gasteiger partial charge in [-0.2, -0.15) is 0 Å². The molecule has 0 unspecified atom stereocenters. The zero-order valence-electron chi connectivity index (χ0n) is 36.6. The number of nitrogens with one attached hydrogen (secondary N) is 2. The highest BCUT2D eigenvalue weighted by Crippen LogP contribution is 2.33. The first-order valence-corrected chi connectivity index (χ1v) is 21.4. The number of ether oxygens (including phenoxy) is 4. The van der Waals surface area contributed by atoms with Gasteiger partial charge in [-0.15, -0.1) is 0 Å². The first kappa shape index (κ1) is 45.3. The average molecular weight is 847 g/mol. The third-order valence-electron chi connectivity index (χ3n) is 11.7. The van der Waals surface area contributed by atoms with E-state index >= 15 is 0 Å². The molecule has 4 aliphatic heterocycles. The summed E-state index contributed by atoms with van der Waals surface area (Å²) in [5.74, 6) is -0.318. The lowest BCUT2D eigenvalue weighted by atomic mass is 9.85. The number of piperidine rings is 1. The van der Waals surface area contributed by atoms with Gasteiger partial charge >= 0.3 is 12.1 Å². The van der Waals surface area contributed by atoms with Crippen molar-refractivity contribution >= 4 is 41.4 Å². The standard InChI is InChI=1S/C45H62N6O10/c1-44(2,3)38(47-43(57)61-45(4,5)6)41(55)51-27-32(26-34(51)40(54)49-22-24-60-36(28-49)30-11-9-8-10-12-30)59-23-18-29-15-19-48(20-16-29)39(53)31-13-14-35(58-7)33(25-31)50-21-17-37(52)46-42(50)56/h8-14,25,29,32,34,36,38H,15-24,26-28H2,1-7H3,(H,47,57)(H,46,52,56)/t32-,34-,36-,38+/m0/s1. The Balaban J connectivity index is 1.08. The predicted molar refractivity (Wildman–Crippen MR) is 226 cm³/mol. The van der Waals surface area contributed by atoms with Gasteiger partial charge < -0.3 is 39.0 Å². The number of carbonyl (C=O) groups is 6. The number of likely N-dealkylation sites (tertiary alicyclic amines) is 2. The molecule has 0 radical (unpaired) electrons. The van der Waals surface area contributed by atoms with Crippen molar-refractivity contribution in [1.82, 2.24) is 25.3 Å². The van der Waals surface area contributed by atoms with Crippen molar-refractivity contribution in [3.8, 4) is 5.75 Å². The van der Waals surface area contributed by atoms with Gasteiger partial charge in [0.1, 0.15) is 29.5 Å². The maximum Gasteiger partial charge on any atom is 0.408 e. The molecule has 7 amide bonds. The SMILES string of the molecule is COc1ccc(C(=O)N2CCC(CCO[C@H]3C[C@@H](C(=O)N4CCO[C@H](c5ccccc5)C4)N(C(=O)[C@@H](NC(=O)OC(C)(C)C)C(C)(C)C)C3)CC2)cc1N1CCC(=O)NC1=O. The van der Waals surface area contributed by atoms with Gasteiger partial charge in [0.25, 0.3) is 5.91 Å². The molecule has 4 atom stereocenters. The molecule has 332 valence electrons. The van der Waals surface area contributed by atoms with Crippen molar-refractivity contribution in [3.05, 3.63) is 59.7 Å². The van der Waals surface area contributed by atoms with Crippen LogP contribution in [0.1, 0.15) is 95.7 Å². The van der Waals surface area contributed by atoms with Gasteiger partial charge in [-0.3, -0.25) is 29.4 Å². The van der Waals surface area contributed by atoms with Gasteiger partial charge in [-0.1, -0.05) is 51.1 Å². The van der Waals surface area contributed by atoms with E-state index in [4.69, 9.17) is 18.9 Å². The van der Waals surface area contributed by atoms with E-state index in [2.05, 4.69) is 10.6 Å². The third kappa shape index (κ3) is 11.4. The molecular formula is C45H62N6O10. The molecular weight excluding hydrogens is 785 g/mol. The number of hydrogen-bond donors (Lipinski definition) is 2. The fourth-order valence-corrected chi connectivity index (χ4v) is 8.40. The Kier molecular flexibility index (Phi) is 14.3. The van der Waals surface area contributed by atoms with Crippen LogP contribution in [0.3, 0.4) is 0 Å². The van der Waals surface area contributed by atoms with Crippen molar-refractivity contribution in [2.75, 3.05) is 64.5 Å². The number of amides is 7. The van der Waals surface area contributed by atoms with Crippen LogP contribution in [0.4, 0.5) is 15.3 Å². The average Bonchev–Trinajstić information content (AvgIpc) is 3.65. The lowest BCUT2D eigenvalue weighted by Crippen LogP contribution is -2.59. The van der Waals surface area contributed by atoms with Gasteiger partial charge in [0.15, 0.2) is 0 Å². The van der Waals surface area contributed by atoms with E-state index in [1.165, 1.54) is 12.0 Å². The molecule has 6 rings (SSSR count). The van der Waals surface area contributed by atoms with E-state index in [9.17, 15) is 28.8 Å². The van der Waals surface area contributed by atoms with E-state index in [0.717, 1.165) is 24.8 Å². The van der Waals surface area contributed by atoms with Gasteiger partial charge in [-0.05, 0) is 75.1 Å². The minimum absolute atomic E-state index is 0.148. The summed E-state index contributed by atoms with van der Waals surface area (Å²) in [5.41, 5.74) is 0.361. The van der Waals surface area contributed by atoms with Crippen LogP contribution in [-0.4, -0.2) is 134 Å². The summed E-state index contributed by atoms with van der Waals surface area (Å²) in [6.07, 6.45) is 1.34. The van der Waals surface area contributed by atoms with Crippen LogP contribution >= 0.6 is 0 Å². The zero-order chi connectivity index (χ0) is 44.1. The Morgan fingerprint density at radius 2 is 1.64 bits per heavy atom. The van der Waals surface area contributed by atoms with Crippen molar-refractivity contribution < 1.29 is 47.7 Å². The summed E-state index contributed by atoms with van der Waals surface area (Å²) in [5, 5.41) is 5.12. The molecule has 0 aliphatic carbocycles. The number of benzene rings is 2. The zero-order valence-corrected chi connectivity index (χ0v) is 36.6. The molecule has 16 heteroatoms. The van der Waals surface area contributed by atoms with Crippen LogP contribution in [-0.2, 0) is 28.6 Å². The number of imide groups is 1. The molecule has 0 spiro atoms. The summed E-state index contributed by atoms with van der Waals surface area (Å²) < 4.78 is 23.5. The summed E-state index contributed by atoms with van der Waals surface area (Å²) in [6.45, 7) is 13.9. The second kappa shape index (κ2) is 19.2. The Morgan fingerprint density at radius 1 is 0.918 bits per heavy atom. The minimum Gasteiger partial charge on any atom is -0.495 e. The number of morpholine rings is 1. The number of rotatable bonds is 11. The van der Waals surface area contributed by atoms with E-state index in [-0.39, 0.29) is 49.2 Å². The molecule has 4 aliphatic rings. The third-order valence-corrected chi connectivity index (χ3v) is 11.7. The maximum absolute atomic E-state index is 14.5. The molecule has 61 heavy (non-hydrogen) atoms. The topological polar surface area (TPSA) is 176 Å². The Morgan fingerprint density at radius 3 is 2.30 bits per heavy atom. The summed E-state index contributed by atoms with van der Waals surface area (Å²) in [4.78, 5) is 86.5. The maximum atomic E-state index is 14.5. The second-order valence-electron chi connectivity index (χ2n) is 18.4. The molecule has 16 nitrogen and oxygen atoms in total. The Hall–Kier alpha value is -5.22. The highest BCUT2D eigenvalue weighted by atomic mass is 16.6. The van der Waals surface area contributed by atoms with Crippen molar-refractivity contribution in [2.24, 2.45) is 11.3 Å². The Bertz CT molecular complexity index is 1920. The fraction of sp³-hybridized carbons (Fsp3) is 0.600. The smallest absolute Gasteiger partial charge is 0.408 e. The monoisotopic (exact) mass is 846 g/mol. The molecule has 0 bridgehead atoms. The van der Waals surface area contributed by atoms with Crippen LogP contribution in [0.25, 0.3) is 0 Å². The van der Waals surface area contributed by atoms with Crippen LogP contribution in [0, 0.1) is 11.3 Å². The number of carbonyl (C=O) groups excluding carboxylic acids is 6. The van der Waals surface area contributed by atoms with E-state index < -0.39 is 41.3 Å². The highest BCUT2D eigenvalue weighted by molar-refractivity contribution is 6.07. The van der Waals surface area contributed by atoms with E-state index in [1.54, 1.807) is 48.8 Å². The Labute approximate surface area is 358 Å². The number of anilines is 1. The lowest BCUT2D eigenvalue weighted by Gasteiger charge is -2.38. The molecule has 0 saturated carbocycles. The van der Waals surface area contributed by atoms with E-state index in [1.807, 2.05) is 56.0 Å². The van der Waals surface area contributed by atoms with Crippen LogP contribution in [0.2, 0.25) is 0 Å². The molecule has 4 fully saturated rings. The van der Waals surface area contributed by atoms with E-state index in [0.29, 0.717) is 68.7 Å². The molecule has 4 heterocycles. The van der Waals surface area contributed by atoms with Crippen LogP contribution < -0.4 is 20.3 Å². The van der Waals surface area contributed by atoms with Crippen LogP contribution in [0.5, 0.6) is 5.75 Å². The highest BCUT2D eigenvalue weighted by Gasteiger charge is 2.47. The van der Waals surface area contributed by atoms with Gasteiger partial charge in [0.2, 0.25) is 17.7 Å².